The van der Waals surface area contributed by atoms with Crippen molar-refractivity contribution in [3.8, 4) is 5.75 Å². The Bertz CT molecular complexity index is 869. The molecule has 1 N–H and O–H groups in total. The van der Waals surface area contributed by atoms with Gasteiger partial charge in [0.05, 0.1) is 0 Å². The molecule has 0 fully saturated rings. The SMILES string of the molecule is C/C(=N/NC(=O)COc1cccc(Br)c1)c1cc2ccccc2o1. The minimum absolute atomic E-state index is 0.118. The number of furan rings is 1. The molecule has 6 heteroatoms. The van der Waals surface area contributed by atoms with Gasteiger partial charge in [-0.2, -0.15) is 5.10 Å². The number of nitrogens with zero attached hydrogens (tertiary/aromatic N) is 1. The fourth-order valence-electron chi connectivity index (χ4n) is 2.10. The van der Waals surface area contributed by atoms with Gasteiger partial charge in [-0.25, -0.2) is 5.43 Å². The fourth-order valence-corrected chi connectivity index (χ4v) is 2.48. The quantitative estimate of drug-likeness (QED) is 0.529. The number of carbonyl (C=O) groups excluding carboxylic acids is 1. The number of hydrazone groups is 1. The standard InChI is InChI=1S/C18H15BrN2O3/c1-12(17-9-13-5-2-3-8-16(13)24-17)20-21-18(22)11-23-15-7-4-6-14(19)10-15/h2-10H,11H2,1H3,(H,21,22)/b20-12-. The molecule has 0 aliphatic rings. The van der Waals surface area contributed by atoms with E-state index in [1.165, 1.54) is 0 Å². The van der Waals surface area contributed by atoms with Crippen molar-refractivity contribution >= 4 is 38.5 Å². The van der Waals surface area contributed by atoms with Gasteiger partial charge >= 0.3 is 0 Å². The van der Waals surface area contributed by atoms with Crippen LogP contribution in [0, 0.1) is 0 Å². The van der Waals surface area contributed by atoms with Crippen LogP contribution in [0.15, 0.2) is 68.6 Å². The zero-order valence-electron chi connectivity index (χ0n) is 13.0. The molecule has 1 amide bonds. The Kier molecular flexibility index (Phi) is 4.96. The molecule has 24 heavy (non-hydrogen) atoms. The Morgan fingerprint density at radius 1 is 1.21 bits per heavy atom. The molecular weight excluding hydrogens is 372 g/mol. The molecule has 2 aromatic carbocycles. The highest BCUT2D eigenvalue weighted by atomic mass is 79.9. The zero-order chi connectivity index (χ0) is 16.9. The maximum absolute atomic E-state index is 11.8. The van der Waals surface area contributed by atoms with Gasteiger partial charge in [-0.1, -0.05) is 40.2 Å². The topological polar surface area (TPSA) is 63.8 Å². The summed E-state index contributed by atoms with van der Waals surface area (Å²) in [6.07, 6.45) is 0. The number of carbonyl (C=O) groups is 1. The van der Waals surface area contributed by atoms with E-state index in [4.69, 9.17) is 9.15 Å². The van der Waals surface area contributed by atoms with E-state index in [9.17, 15) is 4.79 Å². The number of hydrogen-bond acceptors (Lipinski definition) is 4. The van der Waals surface area contributed by atoms with Gasteiger partial charge < -0.3 is 9.15 Å². The molecule has 0 saturated carbocycles. The van der Waals surface area contributed by atoms with Crippen LogP contribution in [-0.4, -0.2) is 18.2 Å². The monoisotopic (exact) mass is 386 g/mol. The summed E-state index contributed by atoms with van der Waals surface area (Å²) in [6, 6.07) is 16.9. The lowest BCUT2D eigenvalue weighted by Crippen LogP contribution is -2.25. The van der Waals surface area contributed by atoms with Gasteiger partial charge in [0.2, 0.25) is 0 Å². The van der Waals surface area contributed by atoms with Gasteiger partial charge in [0, 0.05) is 9.86 Å². The normalized spacial score (nSPS) is 11.5. The summed E-state index contributed by atoms with van der Waals surface area (Å²) in [7, 11) is 0. The molecule has 0 bridgehead atoms. The lowest BCUT2D eigenvalue weighted by Gasteiger charge is -2.05. The number of amides is 1. The second kappa shape index (κ2) is 7.31. The Balaban J connectivity index is 1.58. The van der Waals surface area contributed by atoms with Crippen molar-refractivity contribution in [1.82, 2.24) is 5.43 Å². The van der Waals surface area contributed by atoms with Crippen LogP contribution in [-0.2, 0) is 4.79 Å². The number of para-hydroxylation sites is 1. The molecular formula is C18H15BrN2O3. The first-order valence-electron chi connectivity index (χ1n) is 7.32. The average molecular weight is 387 g/mol. The Morgan fingerprint density at radius 2 is 2.04 bits per heavy atom. The van der Waals surface area contributed by atoms with E-state index in [1.807, 2.05) is 42.5 Å². The van der Waals surface area contributed by atoms with Crippen molar-refractivity contribution in [1.29, 1.82) is 0 Å². The second-order valence-corrected chi connectivity index (χ2v) is 6.04. The fraction of sp³-hybridized carbons (Fsp3) is 0.111. The number of nitrogens with one attached hydrogen (secondary N) is 1. The molecule has 0 saturated heterocycles. The Labute approximate surface area is 147 Å². The molecule has 0 radical (unpaired) electrons. The largest absolute Gasteiger partial charge is 0.484 e. The van der Waals surface area contributed by atoms with Crippen LogP contribution in [0.3, 0.4) is 0 Å². The molecule has 0 aliphatic carbocycles. The minimum atomic E-state index is -0.342. The number of halogens is 1. The molecule has 0 unspecified atom stereocenters. The van der Waals surface area contributed by atoms with E-state index in [-0.39, 0.29) is 12.5 Å². The van der Waals surface area contributed by atoms with Crippen molar-refractivity contribution in [3.05, 3.63) is 64.8 Å². The summed E-state index contributed by atoms with van der Waals surface area (Å²) in [5, 5.41) is 5.05. The van der Waals surface area contributed by atoms with E-state index in [1.54, 1.807) is 19.1 Å². The van der Waals surface area contributed by atoms with Gasteiger partial charge in [-0.3, -0.25) is 4.79 Å². The summed E-state index contributed by atoms with van der Waals surface area (Å²) in [5.74, 6) is 0.882. The summed E-state index contributed by atoms with van der Waals surface area (Å²) >= 11 is 3.35. The van der Waals surface area contributed by atoms with E-state index in [2.05, 4.69) is 26.5 Å². The first-order valence-corrected chi connectivity index (χ1v) is 8.11. The highest BCUT2D eigenvalue weighted by molar-refractivity contribution is 9.10. The third-order valence-electron chi connectivity index (χ3n) is 3.30. The van der Waals surface area contributed by atoms with Crippen molar-refractivity contribution in [2.75, 3.05) is 6.61 Å². The van der Waals surface area contributed by atoms with Crippen LogP contribution in [0.4, 0.5) is 0 Å². The van der Waals surface area contributed by atoms with Gasteiger partial charge in [0.25, 0.3) is 5.91 Å². The van der Waals surface area contributed by atoms with Crippen molar-refractivity contribution < 1.29 is 13.9 Å². The maximum atomic E-state index is 11.8. The van der Waals surface area contributed by atoms with E-state index < -0.39 is 0 Å². The van der Waals surface area contributed by atoms with Gasteiger partial charge in [-0.15, -0.1) is 0 Å². The molecule has 3 aromatic rings. The number of hydrogen-bond donors (Lipinski definition) is 1. The molecule has 5 nitrogen and oxygen atoms in total. The van der Waals surface area contributed by atoms with E-state index >= 15 is 0 Å². The molecule has 122 valence electrons. The lowest BCUT2D eigenvalue weighted by molar-refractivity contribution is -0.123. The predicted octanol–water partition coefficient (Wildman–Crippen LogP) is 4.11. The lowest BCUT2D eigenvalue weighted by atomic mass is 10.2. The highest BCUT2D eigenvalue weighted by Gasteiger charge is 2.07. The van der Waals surface area contributed by atoms with Gasteiger partial charge in [-0.05, 0) is 37.3 Å². The Hall–Kier alpha value is -2.60. The number of fused-ring (bicyclic) bond motifs is 1. The van der Waals surface area contributed by atoms with Crippen molar-refractivity contribution in [2.45, 2.75) is 6.92 Å². The van der Waals surface area contributed by atoms with Crippen LogP contribution in [0.1, 0.15) is 12.7 Å². The van der Waals surface area contributed by atoms with Crippen molar-refractivity contribution in [2.24, 2.45) is 5.10 Å². The zero-order valence-corrected chi connectivity index (χ0v) is 14.5. The van der Waals surface area contributed by atoms with E-state index in [0.717, 1.165) is 15.4 Å². The summed E-state index contributed by atoms with van der Waals surface area (Å²) in [6.45, 7) is 1.65. The summed E-state index contributed by atoms with van der Waals surface area (Å²) in [5.41, 5.74) is 3.83. The third-order valence-corrected chi connectivity index (χ3v) is 3.79. The molecule has 0 spiro atoms. The van der Waals surface area contributed by atoms with E-state index in [0.29, 0.717) is 17.2 Å². The first-order chi connectivity index (χ1) is 11.6. The van der Waals surface area contributed by atoms with Crippen LogP contribution in [0.5, 0.6) is 5.75 Å². The highest BCUT2D eigenvalue weighted by Crippen LogP contribution is 2.19. The van der Waals surface area contributed by atoms with Gasteiger partial charge in [0.15, 0.2) is 12.4 Å². The van der Waals surface area contributed by atoms with Crippen molar-refractivity contribution in [3.63, 3.8) is 0 Å². The molecule has 0 atom stereocenters. The molecule has 3 rings (SSSR count). The minimum Gasteiger partial charge on any atom is -0.484 e. The first kappa shape index (κ1) is 16.3. The maximum Gasteiger partial charge on any atom is 0.277 e. The Morgan fingerprint density at radius 3 is 2.83 bits per heavy atom. The molecule has 1 heterocycles. The summed E-state index contributed by atoms with van der Waals surface area (Å²) < 4.78 is 12.0. The smallest absolute Gasteiger partial charge is 0.277 e. The third kappa shape index (κ3) is 4.02. The van der Waals surface area contributed by atoms with Crippen LogP contribution in [0.25, 0.3) is 11.0 Å². The van der Waals surface area contributed by atoms with Crippen LogP contribution < -0.4 is 10.2 Å². The summed E-state index contributed by atoms with van der Waals surface area (Å²) in [4.78, 5) is 11.8. The number of rotatable bonds is 5. The average Bonchev–Trinajstić information content (AvgIpc) is 3.02. The number of benzene rings is 2. The number of ether oxygens (including phenoxy) is 1. The van der Waals surface area contributed by atoms with Crippen LogP contribution in [0.2, 0.25) is 0 Å². The molecule has 1 aromatic heterocycles. The second-order valence-electron chi connectivity index (χ2n) is 5.13. The van der Waals surface area contributed by atoms with Gasteiger partial charge in [0.1, 0.15) is 17.0 Å². The predicted molar refractivity (Wildman–Crippen MR) is 96.2 cm³/mol. The molecule has 0 aliphatic heterocycles. The van der Waals surface area contributed by atoms with Crippen LogP contribution >= 0.6 is 15.9 Å².